The number of fused-ring (bicyclic) bond motifs is 1. The molecule has 0 fully saturated rings. The molecule has 28 heavy (non-hydrogen) atoms. The Hall–Kier alpha value is -2.24. The molecule has 0 aliphatic carbocycles. The second-order valence-electron chi connectivity index (χ2n) is 6.05. The van der Waals surface area contributed by atoms with E-state index >= 15 is 0 Å². The van der Waals surface area contributed by atoms with Crippen molar-refractivity contribution in [1.29, 1.82) is 0 Å². The average molecular weight is 473 g/mol. The van der Waals surface area contributed by atoms with Crippen LogP contribution in [0.2, 0.25) is 0 Å². The van der Waals surface area contributed by atoms with Crippen molar-refractivity contribution in [2.45, 2.75) is 29.1 Å². The lowest BCUT2D eigenvalue weighted by Crippen LogP contribution is -2.34. The van der Waals surface area contributed by atoms with Crippen molar-refractivity contribution in [1.82, 2.24) is 9.55 Å². The number of aromatic nitrogens is 2. The SMILES string of the molecule is CC[C@H]1COCC(Br)c2nc(C(=O)O)c(OS(=O)(=O)c3ccccc3)c(=O)n21. The molecular formula is C17H17BrN2O7S. The summed E-state index contributed by atoms with van der Waals surface area (Å²) in [5, 5.41) is 9.51. The molecule has 0 saturated carbocycles. The lowest BCUT2D eigenvalue weighted by molar-refractivity contribution is 0.0687. The van der Waals surface area contributed by atoms with Gasteiger partial charge in [0.2, 0.25) is 5.75 Å². The van der Waals surface area contributed by atoms with E-state index < -0.39 is 44.0 Å². The smallest absolute Gasteiger partial charge is 0.358 e. The molecule has 1 N–H and O–H groups in total. The van der Waals surface area contributed by atoms with Crippen LogP contribution in [0.1, 0.15) is 40.5 Å². The van der Waals surface area contributed by atoms with Crippen LogP contribution in [-0.4, -0.2) is 42.3 Å². The van der Waals surface area contributed by atoms with Crippen molar-refractivity contribution < 1.29 is 27.2 Å². The molecule has 1 aliphatic rings. The van der Waals surface area contributed by atoms with Crippen LogP contribution in [-0.2, 0) is 14.9 Å². The van der Waals surface area contributed by atoms with Crippen LogP contribution >= 0.6 is 15.9 Å². The number of carbonyl (C=O) groups is 1. The lowest BCUT2D eigenvalue weighted by atomic mass is 10.2. The molecule has 0 spiro atoms. The fourth-order valence-corrected chi connectivity index (χ4v) is 4.30. The number of halogens is 1. The van der Waals surface area contributed by atoms with Crippen LogP contribution in [0.3, 0.4) is 0 Å². The Morgan fingerprint density at radius 2 is 2.04 bits per heavy atom. The van der Waals surface area contributed by atoms with Gasteiger partial charge in [0.25, 0.3) is 5.56 Å². The largest absolute Gasteiger partial charge is 0.476 e. The minimum Gasteiger partial charge on any atom is -0.476 e. The van der Waals surface area contributed by atoms with E-state index in [-0.39, 0.29) is 23.9 Å². The van der Waals surface area contributed by atoms with E-state index in [2.05, 4.69) is 20.9 Å². The molecular weight excluding hydrogens is 456 g/mol. The van der Waals surface area contributed by atoms with E-state index in [4.69, 9.17) is 8.92 Å². The summed E-state index contributed by atoms with van der Waals surface area (Å²) < 4.78 is 36.8. The molecule has 150 valence electrons. The summed E-state index contributed by atoms with van der Waals surface area (Å²) >= 11 is 3.33. The van der Waals surface area contributed by atoms with Crippen LogP contribution in [0.25, 0.3) is 0 Å². The molecule has 0 amide bonds. The number of hydrogen-bond donors (Lipinski definition) is 1. The molecule has 2 heterocycles. The maximum atomic E-state index is 13.1. The van der Waals surface area contributed by atoms with Gasteiger partial charge in [-0.3, -0.25) is 9.36 Å². The lowest BCUT2D eigenvalue weighted by Gasteiger charge is -2.20. The number of carboxylic acids is 1. The van der Waals surface area contributed by atoms with Crippen molar-refractivity contribution in [3.8, 4) is 5.75 Å². The second-order valence-corrected chi connectivity index (χ2v) is 8.70. The van der Waals surface area contributed by atoms with Gasteiger partial charge in [-0.25, -0.2) is 9.78 Å². The Labute approximate surface area is 169 Å². The standard InChI is InChI=1S/C17H17BrN2O7S/c1-2-10-8-26-9-12(18)15-19-13(17(22)23)14(16(21)20(10)15)27-28(24,25)11-6-4-3-5-7-11/h3-7,10,12H,2,8-9H2,1H3,(H,22,23)/t10-,12?/m0/s1. The molecule has 3 rings (SSSR count). The number of rotatable bonds is 5. The first-order valence-electron chi connectivity index (χ1n) is 8.37. The van der Waals surface area contributed by atoms with Crippen molar-refractivity contribution in [2.24, 2.45) is 0 Å². The van der Waals surface area contributed by atoms with Crippen LogP contribution in [0, 0.1) is 0 Å². The maximum absolute atomic E-state index is 13.1. The molecule has 1 aromatic carbocycles. The highest BCUT2D eigenvalue weighted by Crippen LogP contribution is 2.30. The Bertz CT molecular complexity index is 1050. The van der Waals surface area contributed by atoms with Crippen LogP contribution in [0.4, 0.5) is 0 Å². The number of ether oxygens (including phenoxy) is 1. The molecule has 0 saturated heterocycles. The van der Waals surface area contributed by atoms with Gasteiger partial charge in [0.1, 0.15) is 10.7 Å². The highest BCUT2D eigenvalue weighted by molar-refractivity contribution is 9.09. The van der Waals surface area contributed by atoms with Gasteiger partial charge in [-0.1, -0.05) is 41.1 Å². The summed E-state index contributed by atoms with van der Waals surface area (Å²) in [4.78, 5) is 28.1. The Morgan fingerprint density at radius 3 is 2.64 bits per heavy atom. The zero-order valence-electron chi connectivity index (χ0n) is 14.7. The van der Waals surface area contributed by atoms with E-state index in [1.165, 1.54) is 28.8 Å². The fraction of sp³-hybridized carbons (Fsp3) is 0.353. The number of nitrogens with zero attached hydrogens (tertiary/aromatic N) is 2. The first-order chi connectivity index (χ1) is 13.3. The van der Waals surface area contributed by atoms with E-state index in [1.54, 1.807) is 6.07 Å². The van der Waals surface area contributed by atoms with Crippen molar-refractivity contribution in [2.75, 3.05) is 13.2 Å². The van der Waals surface area contributed by atoms with Crippen LogP contribution in [0.15, 0.2) is 40.0 Å². The average Bonchev–Trinajstić information content (AvgIpc) is 2.83. The summed E-state index contributed by atoms with van der Waals surface area (Å²) in [7, 11) is -4.42. The molecule has 2 atom stereocenters. The molecule has 0 radical (unpaired) electrons. The van der Waals surface area contributed by atoms with Gasteiger partial charge in [-0.2, -0.15) is 8.42 Å². The zero-order chi connectivity index (χ0) is 20.5. The molecule has 11 heteroatoms. The third kappa shape index (κ3) is 3.82. The Morgan fingerprint density at radius 1 is 1.36 bits per heavy atom. The first kappa shape index (κ1) is 20.5. The fourth-order valence-electron chi connectivity index (χ4n) is 2.83. The summed E-state index contributed by atoms with van der Waals surface area (Å²) in [6.45, 7) is 2.21. The van der Waals surface area contributed by atoms with Crippen molar-refractivity contribution in [3.05, 3.63) is 52.2 Å². The van der Waals surface area contributed by atoms with E-state index in [9.17, 15) is 23.1 Å². The summed E-state index contributed by atoms with van der Waals surface area (Å²) in [5.74, 6) is -2.27. The number of carboxylic acid groups (broad SMARTS) is 1. The molecule has 1 aromatic heterocycles. The van der Waals surface area contributed by atoms with Gasteiger partial charge in [-0.05, 0) is 18.6 Å². The summed E-state index contributed by atoms with van der Waals surface area (Å²) in [6, 6.07) is 6.69. The van der Waals surface area contributed by atoms with E-state index in [1.807, 2.05) is 6.92 Å². The molecule has 1 aliphatic heterocycles. The predicted molar refractivity (Wildman–Crippen MR) is 102 cm³/mol. The van der Waals surface area contributed by atoms with Gasteiger partial charge < -0.3 is 14.0 Å². The van der Waals surface area contributed by atoms with Crippen LogP contribution in [0.5, 0.6) is 5.75 Å². The monoisotopic (exact) mass is 472 g/mol. The highest BCUT2D eigenvalue weighted by atomic mass is 79.9. The van der Waals surface area contributed by atoms with Gasteiger partial charge in [-0.15, -0.1) is 0 Å². The third-order valence-electron chi connectivity index (χ3n) is 4.22. The van der Waals surface area contributed by atoms with Crippen molar-refractivity contribution >= 4 is 32.0 Å². The van der Waals surface area contributed by atoms with E-state index in [0.717, 1.165) is 0 Å². The predicted octanol–water partition coefficient (Wildman–Crippen LogP) is 2.13. The molecule has 1 unspecified atom stereocenters. The second kappa shape index (κ2) is 8.02. The third-order valence-corrected chi connectivity index (χ3v) is 6.13. The number of hydrogen-bond acceptors (Lipinski definition) is 7. The first-order valence-corrected chi connectivity index (χ1v) is 10.7. The molecule has 2 aromatic rings. The normalized spacial score (nSPS) is 19.5. The number of alkyl halides is 1. The van der Waals surface area contributed by atoms with Gasteiger partial charge in [0, 0.05) is 0 Å². The van der Waals surface area contributed by atoms with Crippen LogP contribution < -0.4 is 9.74 Å². The summed E-state index contributed by atoms with van der Waals surface area (Å²) in [5.41, 5.74) is -1.65. The Balaban J connectivity index is 2.22. The zero-order valence-corrected chi connectivity index (χ0v) is 17.1. The highest BCUT2D eigenvalue weighted by Gasteiger charge is 2.33. The maximum Gasteiger partial charge on any atom is 0.358 e. The van der Waals surface area contributed by atoms with E-state index in [0.29, 0.717) is 6.42 Å². The summed E-state index contributed by atoms with van der Waals surface area (Å²) in [6.07, 6.45) is 0.492. The Kier molecular flexibility index (Phi) is 5.87. The van der Waals surface area contributed by atoms with Gasteiger partial charge >= 0.3 is 16.1 Å². The number of aromatic carboxylic acids is 1. The minimum absolute atomic E-state index is 0.149. The van der Waals surface area contributed by atoms with Gasteiger partial charge in [0.15, 0.2) is 5.69 Å². The quantitative estimate of drug-likeness (QED) is 0.517. The number of benzene rings is 1. The molecule has 0 bridgehead atoms. The van der Waals surface area contributed by atoms with Gasteiger partial charge in [0.05, 0.1) is 24.1 Å². The van der Waals surface area contributed by atoms with Crippen molar-refractivity contribution in [3.63, 3.8) is 0 Å². The minimum atomic E-state index is -4.42. The molecule has 9 nitrogen and oxygen atoms in total. The topological polar surface area (TPSA) is 125 Å².